The van der Waals surface area contributed by atoms with Gasteiger partial charge in [0.25, 0.3) is 0 Å². The lowest BCUT2D eigenvalue weighted by Gasteiger charge is -2.37. The number of alkyl halides is 2. The number of halogens is 2. The fourth-order valence-electron chi connectivity index (χ4n) is 4.22. The number of fused-ring (bicyclic) bond motifs is 1. The second-order valence-electron chi connectivity index (χ2n) is 8.37. The summed E-state index contributed by atoms with van der Waals surface area (Å²) >= 11 is 0. The molecule has 2 heterocycles. The summed E-state index contributed by atoms with van der Waals surface area (Å²) in [6, 6.07) is 7.57. The van der Waals surface area contributed by atoms with E-state index in [1.54, 1.807) is 11.8 Å². The highest BCUT2D eigenvalue weighted by atomic mass is 19.3. The van der Waals surface area contributed by atoms with E-state index in [9.17, 15) is 18.4 Å². The van der Waals surface area contributed by atoms with E-state index in [4.69, 9.17) is 4.42 Å². The van der Waals surface area contributed by atoms with Crippen LogP contribution in [0.2, 0.25) is 0 Å². The van der Waals surface area contributed by atoms with Gasteiger partial charge in [0.15, 0.2) is 6.39 Å². The summed E-state index contributed by atoms with van der Waals surface area (Å²) in [5.41, 5.74) is 2.76. The van der Waals surface area contributed by atoms with Gasteiger partial charge in [0.2, 0.25) is 17.7 Å². The van der Waals surface area contributed by atoms with E-state index in [-0.39, 0.29) is 18.5 Å². The standard InChI is InChI=1S/C22H25F2N3O3/c1-13-4-3-5-15(8-13)19-18-17(30-12-26-18)6-7-27(19)21(29)14(2)11-25-20(28)16-9-22(23,24)10-16/h3-5,8,12,14,16,19H,6-7,9-11H2,1-2H3,(H,25,28). The maximum absolute atomic E-state index is 13.3. The third-order valence-corrected chi connectivity index (χ3v) is 5.93. The average molecular weight is 417 g/mol. The number of hydrogen-bond acceptors (Lipinski definition) is 4. The van der Waals surface area contributed by atoms with Gasteiger partial charge in [-0.3, -0.25) is 9.59 Å². The molecule has 0 saturated heterocycles. The van der Waals surface area contributed by atoms with Gasteiger partial charge in [-0.1, -0.05) is 36.8 Å². The Morgan fingerprint density at radius 2 is 2.13 bits per heavy atom. The van der Waals surface area contributed by atoms with E-state index < -0.39 is 36.5 Å². The van der Waals surface area contributed by atoms with Crippen molar-refractivity contribution in [1.82, 2.24) is 15.2 Å². The normalized spacial score (nSPS) is 21.5. The van der Waals surface area contributed by atoms with Crippen LogP contribution in [0.4, 0.5) is 8.78 Å². The second-order valence-corrected chi connectivity index (χ2v) is 8.37. The monoisotopic (exact) mass is 417 g/mol. The topological polar surface area (TPSA) is 75.4 Å². The van der Waals surface area contributed by atoms with Crippen molar-refractivity contribution in [2.45, 2.75) is 45.1 Å². The molecule has 1 aliphatic carbocycles. The Kier molecular flexibility index (Phi) is 5.34. The Morgan fingerprint density at radius 1 is 1.37 bits per heavy atom. The number of aryl methyl sites for hydroxylation is 1. The van der Waals surface area contributed by atoms with Crippen LogP contribution in [-0.2, 0) is 16.0 Å². The molecule has 1 aliphatic heterocycles. The van der Waals surface area contributed by atoms with Crippen LogP contribution < -0.4 is 5.32 Å². The molecule has 1 N–H and O–H groups in total. The van der Waals surface area contributed by atoms with E-state index in [1.165, 1.54) is 6.39 Å². The zero-order valence-electron chi connectivity index (χ0n) is 17.0. The van der Waals surface area contributed by atoms with Crippen molar-refractivity contribution >= 4 is 11.8 Å². The molecule has 2 unspecified atom stereocenters. The minimum absolute atomic E-state index is 0.114. The molecule has 2 amide bonds. The number of nitrogens with one attached hydrogen (secondary N) is 1. The Labute approximate surface area is 173 Å². The number of amides is 2. The van der Waals surface area contributed by atoms with Crippen LogP contribution in [0, 0.1) is 18.8 Å². The number of carbonyl (C=O) groups excluding carboxylic acids is 2. The minimum Gasteiger partial charge on any atom is -0.448 e. The number of oxazole rings is 1. The van der Waals surface area contributed by atoms with Gasteiger partial charge in [-0.2, -0.15) is 0 Å². The second kappa shape index (κ2) is 7.81. The maximum atomic E-state index is 13.3. The SMILES string of the molecule is Cc1cccc(C2c3ncoc3CCN2C(=O)C(C)CNC(=O)C2CC(F)(F)C2)c1. The molecule has 0 bridgehead atoms. The highest BCUT2D eigenvalue weighted by Gasteiger charge is 2.48. The number of nitrogens with zero attached hydrogens (tertiary/aromatic N) is 2. The van der Waals surface area contributed by atoms with Crippen molar-refractivity contribution < 1.29 is 22.8 Å². The lowest BCUT2D eigenvalue weighted by Crippen LogP contribution is -2.48. The van der Waals surface area contributed by atoms with Crippen molar-refractivity contribution in [3.05, 3.63) is 53.2 Å². The molecule has 1 fully saturated rings. The molecule has 1 aromatic carbocycles. The van der Waals surface area contributed by atoms with Gasteiger partial charge in [-0.05, 0) is 12.5 Å². The van der Waals surface area contributed by atoms with Crippen molar-refractivity contribution in [1.29, 1.82) is 0 Å². The maximum Gasteiger partial charge on any atom is 0.249 e. The lowest BCUT2D eigenvalue weighted by atomic mass is 9.80. The van der Waals surface area contributed by atoms with E-state index in [1.807, 2.05) is 31.2 Å². The van der Waals surface area contributed by atoms with E-state index in [2.05, 4.69) is 10.3 Å². The quantitative estimate of drug-likeness (QED) is 0.810. The van der Waals surface area contributed by atoms with E-state index in [0.717, 1.165) is 22.6 Å². The highest BCUT2D eigenvalue weighted by Crippen LogP contribution is 2.42. The summed E-state index contributed by atoms with van der Waals surface area (Å²) in [7, 11) is 0. The number of benzene rings is 1. The Bertz CT molecular complexity index is 951. The molecular weight excluding hydrogens is 392 g/mol. The fourth-order valence-corrected chi connectivity index (χ4v) is 4.22. The minimum atomic E-state index is -2.74. The van der Waals surface area contributed by atoms with Crippen LogP contribution in [0.1, 0.15) is 48.4 Å². The summed E-state index contributed by atoms with van der Waals surface area (Å²) in [5.74, 6) is -3.65. The van der Waals surface area contributed by atoms with Gasteiger partial charge in [0.1, 0.15) is 17.5 Å². The summed E-state index contributed by atoms with van der Waals surface area (Å²) in [6.07, 6.45) is 1.13. The number of carbonyl (C=O) groups is 2. The van der Waals surface area contributed by atoms with Gasteiger partial charge < -0.3 is 14.6 Å². The Morgan fingerprint density at radius 3 is 2.83 bits per heavy atom. The molecular formula is C22H25F2N3O3. The smallest absolute Gasteiger partial charge is 0.249 e. The van der Waals surface area contributed by atoms with Crippen LogP contribution in [0.25, 0.3) is 0 Å². The van der Waals surface area contributed by atoms with Gasteiger partial charge in [0, 0.05) is 38.3 Å². The zero-order chi connectivity index (χ0) is 21.5. The van der Waals surface area contributed by atoms with Crippen molar-refractivity contribution in [2.75, 3.05) is 13.1 Å². The molecule has 1 aromatic heterocycles. The highest BCUT2D eigenvalue weighted by molar-refractivity contribution is 5.83. The molecule has 2 atom stereocenters. The number of aromatic nitrogens is 1. The first kappa shape index (κ1) is 20.5. The zero-order valence-corrected chi connectivity index (χ0v) is 17.0. The first-order valence-corrected chi connectivity index (χ1v) is 10.2. The van der Waals surface area contributed by atoms with Gasteiger partial charge >= 0.3 is 0 Å². The van der Waals surface area contributed by atoms with Gasteiger partial charge in [-0.25, -0.2) is 13.8 Å². The molecule has 4 rings (SSSR count). The predicted molar refractivity (Wildman–Crippen MR) is 105 cm³/mol. The Balaban J connectivity index is 1.47. The van der Waals surface area contributed by atoms with Crippen molar-refractivity contribution in [3.63, 3.8) is 0 Å². The van der Waals surface area contributed by atoms with Crippen LogP contribution >= 0.6 is 0 Å². The van der Waals surface area contributed by atoms with Crippen molar-refractivity contribution in [2.24, 2.45) is 11.8 Å². The largest absolute Gasteiger partial charge is 0.448 e. The average Bonchev–Trinajstić information content (AvgIpc) is 3.17. The summed E-state index contributed by atoms with van der Waals surface area (Å²) in [5, 5.41) is 2.67. The first-order valence-electron chi connectivity index (χ1n) is 10.2. The van der Waals surface area contributed by atoms with Gasteiger partial charge in [0.05, 0.1) is 5.92 Å². The summed E-state index contributed by atoms with van der Waals surface area (Å²) in [4.78, 5) is 31.5. The van der Waals surface area contributed by atoms with Crippen LogP contribution in [0.5, 0.6) is 0 Å². The predicted octanol–water partition coefficient (Wildman–Crippen LogP) is 3.25. The fraction of sp³-hybridized carbons (Fsp3) is 0.500. The van der Waals surface area contributed by atoms with E-state index >= 15 is 0 Å². The molecule has 8 heteroatoms. The third-order valence-electron chi connectivity index (χ3n) is 5.93. The molecule has 30 heavy (non-hydrogen) atoms. The van der Waals surface area contributed by atoms with Crippen molar-refractivity contribution in [3.8, 4) is 0 Å². The first-order chi connectivity index (χ1) is 14.2. The number of hydrogen-bond donors (Lipinski definition) is 1. The summed E-state index contributed by atoms with van der Waals surface area (Å²) in [6.45, 7) is 4.32. The van der Waals surface area contributed by atoms with Gasteiger partial charge in [-0.15, -0.1) is 0 Å². The third kappa shape index (κ3) is 3.95. The molecule has 2 aliphatic rings. The number of rotatable bonds is 5. The molecule has 2 aromatic rings. The van der Waals surface area contributed by atoms with E-state index in [0.29, 0.717) is 13.0 Å². The van der Waals surface area contributed by atoms with Crippen LogP contribution in [-0.4, -0.2) is 40.7 Å². The Hall–Kier alpha value is -2.77. The molecule has 0 spiro atoms. The summed E-state index contributed by atoms with van der Waals surface area (Å²) < 4.78 is 31.5. The molecule has 6 nitrogen and oxygen atoms in total. The van der Waals surface area contributed by atoms with Crippen LogP contribution in [0.15, 0.2) is 35.1 Å². The molecule has 160 valence electrons. The molecule has 0 radical (unpaired) electrons. The van der Waals surface area contributed by atoms with Crippen LogP contribution in [0.3, 0.4) is 0 Å². The molecule has 1 saturated carbocycles. The lowest BCUT2D eigenvalue weighted by molar-refractivity contribution is -0.150.